The summed E-state index contributed by atoms with van der Waals surface area (Å²) < 4.78 is 19.4. The van der Waals surface area contributed by atoms with E-state index in [-0.39, 0.29) is 17.5 Å². The Hall–Kier alpha value is -5.70. The molecule has 0 saturated carbocycles. The molecule has 2 aliphatic heterocycles. The zero-order valence-corrected chi connectivity index (χ0v) is 29.6. The van der Waals surface area contributed by atoms with Gasteiger partial charge in [0.25, 0.3) is 11.5 Å². The molecule has 7 rings (SSSR count). The maximum atomic E-state index is 13.6. The maximum Gasteiger partial charge on any atom is 0.266 e. The highest BCUT2D eigenvalue weighted by Gasteiger charge is 2.32. The second-order valence-electron chi connectivity index (χ2n) is 13.2. The molecule has 1 fully saturated rings. The summed E-state index contributed by atoms with van der Waals surface area (Å²) in [6.45, 7) is 1.97. The van der Waals surface area contributed by atoms with E-state index >= 15 is 0 Å². The smallest absolute Gasteiger partial charge is 0.266 e. The molecule has 2 aliphatic rings. The molecule has 5 aromatic rings. The third-order valence-electron chi connectivity index (χ3n) is 9.64. The molecule has 4 aromatic carbocycles. The van der Waals surface area contributed by atoms with Gasteiger partial charge in [-0.25, -0.2) is 4.98 Å². The van der Waals surface area contributed by atoms with Crippen molar-refractivity contribution >= 4 is 40.9 Å². The molecule has 0 bridgehead atoms. The minimum Gasteiger partial charge on any atom is -0.494 e. The van der Waals surface area contributed by atoms with E-state index in [4.69, 9.17) is 19.2 Å². The third-order valence-corrected chi connectivity index (χ3v) is 9.64. The van der Waals surface area contributed by atoms with Crippen LogP contribution in [0.2, 0.25) is 0 Å². The fourth-order valence-corrected chi connectivity index (χ4v) is 6.84. The Morgan fingerprint density at radius 3 is 2.31 bits per heavy atom. The van der Waals surface area contributed by atoms with Crippen molar-refractivity contribution in [3.63, 3.8) is 0 Å². The molecule has 1 atom stereocenters. The summed E-state index contributed by atoms with van der Waals surface area (Å²) in [6, 6.07) is 28.7. The summed E-state index contributed by atoms with van der Waals surface area (Å²) in [5.41, 5.74) is 3.54. The predicted molar refractivity (Wildman–Crippen MR) is 207 cm³/mol. The first kappa shape index (κ1) is 34.7. The number of rotatable bonds is 15. The van der Waals surface area contributed by atoms with Gasteiger partial charge in [0.15, 0.2) is 11.5 Å². The van der Waals surface area contributed by atoms with Gasteiger partial charge in [0.2, 0.25) is 0 Å². The topological polar surface area (TPSA) is 95.2 Å². The number of ether oxygens (including phenoxy) is 3. The van der Waals surface area contributed by atoms with Crippen LogP contribution < -0.4 is 19.8 Å². The second-order valence-corrected chi connectivity index (χ2v) is 13.2. The largest absolute Gasteiger partial charge is 0.494 e. The van der Waals surface area contributed by atoms with E-state index < -0.39 is 0 Å². The van der Waals surface area contributed by atoms with Gasteiger partial charge in [-0.05, 0) is 79.8 Å². The Labute approximate surface area is 304 Å². The van der Waals surface area contributed by atoms with Gasteiger partial charge in [-0.2, -0.15) is 0 Å². The number of nitrogens with zero attached hydrogens (tertiary/aromatic N) is 4. The molecule has 0 aliphatic carbocycles. The van der Waals surface area contributed by atoms with Crippen molar-refractivity contribution in [3.05, 3.63) is 118 Å². The Balaban J connectivity index is 0.855. The fraction of sp³-hybridized carbons (Fsp3) is 0.302. The Bertz CT molecular complexity index is 2120. The van der Waals surface area contributed by atoms with E-state index in [1.807, 2.05) is 108 Å². The van der Waals surface area contributed by atoms with E-state index in [2.05, 4.69) is 4.99 Å². The van der Waals surface area contributed by atoms with Gasteiger partial charge >= 0.3 is 0 Å². The van der Waals surface area contributed by atoms with Crippen molar-refractivity contribution in [2.75, 3.05) is 26.9 Å². The average Bonchev–Trinajstić information content (AvgIpc) is 3.61. The number of aliphatic imine (C=N–C) groups is 1. The van der Waals surface area contributed by atoms with Crippen LogP contribution in [-0.4, -0.2) is 59.5 Å². The zero-order chi connectivity index (χ0) is 35.7. The number of carbonyl (C=O) groups excluding carboxylic acids is 1. The Morgan fingerprint density at radius 1 is 0.788 bits per heavy atom. The number of para-hydroxylation sites is 1. The number of unbranched alkanes of at least 4 members (excludes halogenated alkanes) is 5. The molecule has 52 heavy (non-hydrogen) atoms. The van der Waals surface area contributed by atoms with Crippen LogP contribution in [0.15, 0.2) is 101 Å². The molecule has 0 radical (unpaired) electrons. The van der Waals surface area contributed by atoms with Crippen LogP contribution in [0.3, 0.4) is 0 Å². The summed E-state index contributed by atoms with van der Waals surface area (Å²) in [5, 5.41) is 0.575. The first-order valence-electron chi connectivity index (χ1n) is 18.3. The van der Waals surface area contributed by atoms with Crippen LogP contribution in [-0.2, 0) is 0 Å². The Kier molecular flexibility index (Phi) is 11.1. The number of methoxy groups -OCH3 is 1. The van der Waals surface area contributed by atoms with Crippen LogP contribution in [0.4, 0.5) is 5.69 Å². The monoisotopic (exact) mass is 696 g/mol. The highest BCUT2D eigenvalue weighted by Crippen LogP contribution is 2.38. The van der Waals surface area contributed by atoms with E-state index in [1.54, 1.807) is 17.7 Å². The lowest BCUT2D eigenvalue weighted by Gasteiger charge is -2.20. The van der Waals surface area contributed by atoms with E-state index in [9.17, 15) is 9.59 Å². The van der Waals surface area contributed by atoms with Gasteiger partial charge in [-0.15, -0.1) is 0 Å². The molecule has 0 spiro atoms. The van der Waals surface area contributed by atoms with Crippen molar-refractivity contribution in [2.45, 2.75) is 57.4 Å². The summed E-state index contributed by atoms with van der Waals surface area (Å²) in [4.78, 5) is 38.1. The molecule has 1 aromatic heterocycles. The number of fused-ring (bicyclic) bond motifs is 3. The number of aromatic nitrogens is 2. The lowest BCUT2D eigenvalue weighted by Crippen LogP contribution is -2.35. The molecule has 3 heterocycles. The van der Waals surface area contributed by atoms with Crippen molar-refractivity contribution in [2.24, 2.45) is 4.99 Å². The quantitative estimate of drug-likeness (QED) is 0.102. The summed E-state index contributed by atoms with van der Waals surface area (Å²) in [6.07, 6.45) is 14.0. The van der Waals surface area contributed by atoms with Gasteiger partial charge in [-0.1, -0.05) is 74.2 Å². The summed E-state index contributed by atoms with van der Waals surface area (Å²) in [5.74, 6) is 2.54. The number of hydrogen-bond donors (Lipinski definition) is 0. The van der Waals surface area contributed by atoms with Crippen LogP contribution in [0, 0.1) is 0 Å². The zero-order valence-electron chi connectivity index (χ0n) is 29.6. The number of carbonyl (C=O) groups is 1. The van der Waals surface area contributed by atoms with Crippen LogP contribution in [0.5, 0.6) is 17.2 Å². The van der Waals surface area contributed by atoms with Gasteiger partial charge in [-0.3, -0.25) is 19.1 Å². The molecule has 1 saturated heterocycles. The lowest BCUT2D eigenvalue weighted by molar-refractivity contribution is 0.0774. The highest BCUT2D eigenvalue weighted by atomic mass is 16.5. The standard InChI is InChI=1S/C43H44N4O5/c1-50-39-28-36-38(44-30-33-16-13-25-46(33)42(36)48)29-40(39)52-27-12-5-3-2-4-11-26-51-34-22-20-32(21-23-34)47-41(24-19-31-14-7-6-8-15-31)45-37-18-10-9-17-35(37)43(47)49/h6-10,14-15,17-24,28-30,33H,2-5,11-13,16,25-27H2,1H3/b24-19+/t33-/m0/s1. The number of hydrogen-bond acceptors (Lipinski definition) is 7. The molecular formula is C43H44N4O5. The fourth-order valence-electron chi connectivity index (χ4n) is 6.84. The van der Waals surface area contributed by atoms with Gasteiger partial charge < -0.3 is 19.1 Å². The minimum absolute atomic E-state index is 0.0117. The molecule has 9 nitrogen and oxygen atoms in total. The molecule has 0 N–H and O–H groups in total. The van der Waals surface area contributed by atoms with Crippen molar-refractivity contribution in [1.29, 1.82) is 0 Å². The molecule has 0 unspecified atom stereocenters. The van der Waals surface area contributed by atoms with E-state index in [0.29, 0.717) is 52.7 Å². The predicted octanol–water partition coefficient (Wildman–Crippen LogP) is 8.68. The third kappa shape index (κ3) is 7.94. The molecular weight excluding hydrogens is 652 g/mol. The molecule has 266 valence electrons. The van der Waals surface area contributed by atoms with Gasteiger partial charge in [0, 0.05) is 18.8 Å². The van der Waals surface area contributed by atoms with E-state index in [0.717, 1.165) is 74.9 Å². The number of amides is 1. The van der Waals surface area contributed by atoms with Crippen molar-refractivity contribution < 1.29 is 19.0 Å². The first-order chi connectivity index (χ1) is 25.6. The minimum atomic E-state index is -0.111. The summed E-state index contributed by atoms with van der Waals surface area (Å²) >= 11 is 0. The van der Waals surface area contributed by atoms with Crippen LogP contribution in [0.25, 0.3) is 28.7 Å². The highest BCUT2D eigenvalue weighted by molar-refractivity contribution is 6.03. The van der Waals surface area contributed by atoms with Crippen LogP contribution in [0.1, 0.15) is 73.1 Å². The lowest BCUT2D eigenvalue weighted by atomic mass is 10.1. The van der Waals surface area contributed by atoms with Crippen LogP contribution >= 0.6 is 0 Å². The van der Waals surface area contributed by atoms with Gasteiger partial charge in [0.1, 0.15) is 11.6 Å². The first-order valence-corrected chi connectivity index (χ1v) is 18.3. The molecule has 9 heteroatoms. The number of benzene rings is 4. The normalized spacial score (nSPS) is 15.1. The maximum absolute atomic E-state index is 13.6. The van der Waals surface area contributed by atoms with Gasteiger partial charge in [0.05, 0.1) is 54.2 Å². The van der Waals surface area contributed by atoms with Crippen molar-refractivity contribution in [3.8, 4) is 22.9 Å². The second kappa shape index (κ2) is 16.5. The summed E-state index contributed by atoms with van der Waals surface area (Å²) in [7, 11) is 1.60. The van der Waals surface area contributed by atoms with Crippen molar-refractivity contribution in [1.82, 2.24) is 14.5 Å². The molecule has 1 amide bonds. The van der Waals surface area contributed by atoms with E-state index in [1.165, 1.54) is 0 Å². The Morgan fingerprint density at radius 2 is 1.52 bits per heavy atom. The average molecular weight is 697 g/mol. The SMILES string of the molecule is COc1cc2c(cc1OCCCCCCCCOc1ccc(-n3c(/C=C/c4ccccc4)nc4ccccc4c3=O)cc1)N=C[C@@H]1CCCN1C2=O.